The molecule has 1 heterocycles. The molecule has 1 N–H and O–H groups in total. The van der Waals surface area contributed by atoms with Crippen molar-refractivity contribution in [1.82, 2.24) is 9.62 Å². The number of carbonyl (C=O) groups is 1. The molecule has 0 radical (unpaired) electrons. The van der Waals surface area contributed by atoms with Crippen molar-refractivity contribution in [3.8, 4) is 0 Å². The van der Waals surface area contributed by atoms with E-state index in [0.29, 0.717) is 19.6 Å². The summed E-state index contributed by atoms with van der Waals surface area (Å²) < 4.78 is 14.4. The fraction of sp³-hybridized carbons (Fsp3) is 0.381. The van der Waals surface area contributed by atoms with Gasteiger partial charge in [0, 0.05) is 36.0 Å². The van der Waals surface area contributed by atoms with Gasteiger partial charge in [-0.2, -0.15) is 0 Å². The Bertz CT molecular complexity index is 766. The van der Waals surface area contributed by atoms with E-state index in [1.54, 1.807) is 5.41 Å². The van der Waals surface area contributed by atoms with Gasteiger partial charge in [-0.15, -0.1) is 0 Å². The second-order valence-corrected chi connectivity index (χ2v) is 8.58. The average Bonchev–Trinajstić information content (AvgIpc) is 2.72. The minimum absolute atomic E-state index is 0.0247. The van der Waals surface area contributed by atoms with Gasteiger partial charge in [0.05, 0.1) is 0 Å². The predicted octanol–water partition coefficient (Wildman–Crippen LogP) is 3.99. The minimum Gasteiger partial charge on any atom is -0.352 e. The van der Waals surface area contributed by atoms with E-state index in [0.717, 1.165) is 41.9 Å². The first-order valence-electron chi connectivity index (χ1n) is 9.34. The minimum atomic E-state index is -1.16. The van der Waals surface area contributed by atoms with Crippen LogP contribution in [0.2, 0.25) is 0 Å². The summed E-state index contributed by atoms with van der Waals surface area (Å²) in [6.45, 7) is 1.81. The molecule has 1 fully saturated rings. The molecule has 1 aromatic rings. The molecule has 3 rings (SSSR count). The number of piperidine rings is 1. The third-order valence-corrected chi connectivity index (χ3v) is 6.58. The summed E-state index contributed by atoms with van der Waals surface area (Å²) in [5, 5.41) is 5.57. The van der Waals surface area contributed by atoms with Crippen LogP contribution in [0.25, 0.3) is 6.08 Å². The third kappa shape index (κ3) is 5.89. The normalized spacial score (nSPS) is 20.2. The van der Waals surface area contributed by atoms with Crippen molar-refractivity contribution in [3.05, 3.63) is 64.1 Å². The number of rotatable bonds is 6. The Balaban J connectivity index is 1.44. The number of hydrogen-bond acceptors (Lipinski definition) is 2. The molecule has 1 unspecified atom stereocenters. The quantitative estimate of drug-likeness (QED) is 0.779. The van der Waals surface area contributed by atoms with Crippen LogP contribution in [0.1, 0.15) is 31.2 Å². The van der Waals surface area contributed by atoms with Crippen LogP contribution in [-0.2, 0) is 15.8 Å². The van der Waals surface area contributed by atoms with E-state index < -0.39 is 11.0 Å². The van der Waals surface area contributed by atoms with Crippen molar-refractivity contribution in [2.45, 2.75) is 25.7 Å². The molecule has 27 heavy (non-hydrogen) atoms. The Morgan fingerprint density at radius 3 is 2.70 bits per heavy atom. The number of nitrogens with zero attached hydrogens (tertiary/aromatic N) is 1. The van der Waals surface area contributed by atoms with Gasteiger partial charge in [0.15, 0.2) is 0 Å². The second-order valence-electron chi connectivity index (χ2n) is 6.78. The van der Waals surface area contributed by atoms with Gasteiger partial charge < -0.3 is 5.32 Å². The molecule has 144 valence electrons. The number of benzene rings is 1. The van der Waals surface area contributed by atoms with Crippen LogP contribution in [0.5, 0.6) is 0 Å². The van der Waals surface area contributed by atoms with Crippen LogP contribution in [0.15, 0.2) is 58.5 Å². The molecule has 1 atom stereocenters. The van der Waals surface area contributed by atoms with Gasteiger partial charge >= 0.3 is 0 Å². The Kier molecular flexibility index (Phi) is 7.44. The van der Waals surface area contributed by atoms with Crippen LogP contribution >= 0.6 is 11.6 Å². The highest BCUT2D eigenvalue weighted by molar-refractivity contribution is 7.85. The molecular formula is C21H25ClN2O2S. The molecule has 1 aliphatic carbocycles. The average molecular weight is 405 g/mol. The summed E-state index contributed by atoms with van der Waals surface area (Å²) in [4.78, 5) is 12.4. The lowest BCUT2D eigenvalue weighted by atomic mass is 9.97. The molecule has 0 bridgehead atoms. The first-order valence-corrected chi connectivity index (χ1v) is 10.9. The first kappa shape index (κ1) is 20.1. The summed E-state index contributed by atoms with van der Waals surface area (Å²) in [6, 6.07) is 9.83. The number of halogens is 1. The molecule has 1 saturated heterocycles. The number of hydrogen-bond donors (Lipinski definition) is 1. The predicted molar refractivity (Wildman–Crippen MR) is 112 cm³/mol. The fourth-order valence-corrected chi connectivity index (χ4v) is 4.51. The van der Waals surface area contributed by atoms with E-state index in [-0.39, 0.29) is 11.8 Å². The van der Waals surface area contributed by atoms with Crippen LogP contribution < -0.4 is 5.32 Å². The maximum absolute atomic E-state index is 12.4. The smallest absolute Gasteiger partial charge is 0.223 e. The van der Waals surface area contributed by atoms with Gasteiger partial charge in [-0.3, -0.25) is 4.79 Å². The molecule has 0 spiro atoms. The van der Waals surface area contributed by atoms with Crippen molar-refractivity contribution in [2.75, 3.05) is 19.6 Å². The molecule has 0 saturated carbocycles. The number of carbonyl (C=O) groups excluding carboxylic acids is 1. The zero-order valence-corrected chi connectivity index (χ0v) is 16.8. The lowest BCUT2D eigenvalue weighted by molar-refractivity contribution is -0.125. The zero-order valence-electron chi connectivity index (χ0n) is 15.3. The topological polar surface area (TPSA) is 49.4 Å². The van der Waals surface area contributed by atoms with Gasteiger partial charge in [0.1, 0.15) is 11.0 Å². The summed E-state index contributed by atoms with van der Waals surface area (Å²) in [6.07, 6.45) is 9.22. The summed E-state index contributed by atoms with van der Waals surface area (Å²) >= 11 is 6.21. The van der Waals surface area contributed by atoms with Crippen molar-refractivity contribution in [3.63, 3.8) is 0 Å². The zero-order chi connectivity index (χ0) is 19.1. The van der Waals surface area contributed by atoms with Crippen molar-refractivity contribution in [1.29, 1.82) is 0 Å². The molecule has 1 amide bonds. The number of amides is 1. The molecule has 1 aliphatic heterocycles. The Morgan fingerprint density at radius 1 is 1.26 bits per heavy atom. The van der Waals surface area contributed by atoms with Crippen molar-refractivity contribution < 1.29 is 9.00 Å². The fourth-order valence-electron chi connectivity index (χ4n) is 3.25. The van der Waals surface area contributed by atoms with E-state index in [1.807, 2.05) is 46.8 Å². The van der Waals surface area contributed by atoms with E-state index in [2.05, 4.69) is 11.4 Å². The monoisotopic (exact) mass is 404 g/mol. The molecule has 0 aromatic heterocycles. The van der Waals surface area contributed by atoms with Crippen LogP contribution in [-0.4, -0.2) is 34.1 Å². The molecule has 6 heteroatoms. The first-order chi connectivity index (χ1) is 13.1. The van der Waals surface area contributed by atoms with E-state index in [1.165, 1.54) is 0 Å². The lowest BCUT2D eigenvalue weighted by Crippen LogP contribution is -2.41. The van der Waals surface area contributed by atoms with Gasteiger partial charge in [-0.1, -0.05) is 54.1 Å². The third-order valence-electron chi connectivity index (χ3n) is 4.91. The molecule has 1 aromatic carbocycles. The highest BCUT2D eigenvalue weighted by atomic mass is 35.5. The lowest BCUT2D eigenvalue weighted by Gasteiger charge is -2.29. The van der Waals surface area contributed by atoms with Gasteiger partial charge in [0.25, 0.3) is 0 Å². The molecule has 4 nitrogen and oxygen atoms in total. The highest BCUT2D eigenvalue weighted by Gasteiger charge is 2.26. The SMILES string of the molecule is O=C(NCC1=C(Cl)CCC=C1)C1CCN(S(=O)/C=C/c2ccccc2)CC1. The summed E-state index contributed by atoms with van der Waals surface area (Å²) in [5.41, 5.74) is 2.03. The van der Waals surface area contributed by atoms with Gasteiger partial charge in [-0.25, -0.2) is 8.51 Å². The van der Waals surface area contributed by atoms with Gasteiger partial charge in [-0.05, 0) is 42.9 Å². The van der Waals surface area contributed by atoms with E-state index >= 15 is 0 Å². The second kappa shape index (κ2) is 10.0. The molecule has 2 aliphatic rings. The summed E-state index contributed by atoms with van der Waals surface area (Å²) in [7, 11) is -1.16. The molecular weight excluding hydrogens is 380 g/mol. The van der Waals surface area contributed by atoms with Gasteiger partial charge in [0.2, 0.25) is 5.91 Å². The Hall–Kier alpha value is -1.69. The maximum Gasteiger partial charge on any atom is 0.223 e. The van der Waals surface area contributed by atoms with Crippen LogP contribution in [0.4, 0.5) is 0 Å². The number of nitrogens with one attached hydrogen (secondary N) is 1. The highest BCUT2D eigenvalue weighted by Crippen LogP contribution is 2.23. The van der Waals surface area contributed by atoms with E-state index in [9.17, 15) is 9.00 Å². The van der Waals surface area contributed by atoms with Crippen molar-refractivity contribution in [2.24, 2.45) is 5.92 Å². The largest absolute Gasteiger partial charge is 0.352 e. The van der Waals surface area contributed by atoms with E-state index in [4.69, 9.17) is 11.6 Å². The Labute approximate surface area is 168 Å². The maximum atomic E-state index is 12.4. The van der Waals surface area contributed by atoms with Crippen LogP contribution in [0, 0.1) is 5.92 Å². The van der Waals surface area contributed by atoms with Crippen LogP contribution in [0.3, 0.4) is 0 Å². The Morgan fingerprint density at radius 2 is 2.00 bits per heavy atom. The van der Waals surface area contributed by atoms with Crippen molar-refractivity contribution >= 4 is 34.6 Å². The summed E-state index contributed by atoms with van der Waals surface area (Å²) in [5.74, 6) is 0.0412. The standard InChI is InChI=1S/C21H25ClN2O2S/c22-20-9-5-4-8-19(20)16-23-21(25)18-10-13-24(14-11-18)27(26)15-12-17-6-2-1-3-7-17/h1-4,6-8,12,15,18H,5,9-11,13-14,16H2,(H,23,25)/b15-12+. The number of allylic oxidation sites excluding steroid dienone is 2.